The third-order valence-electron chi connectivity index (χ3n) is 3.31. The number of aromatic hydroxyl groups is 1. The van der Waals surface area contributed by atoms with E-state index in [9.17, 15) is 9.90 Å². The number of esters is 1. The Morgan fingerprint density at radius 2 is 2.00 bits per heavy atom. The molecule has 0 fully saturated rings. The van der Waals surface area contributed by atoms with Crippen LogP contribution >= 0.6 is 0 Å². The van der Waals surface area contributed by atoms with E-state index in [0.29, 0.717) is 6.42 Å². The first kappa shape index (κ1) is 18.5. The first-order valence-electron chi connectivity index (χ1n) is 8.06. The third kappa shape index (κ3) is 6.94. The average molecular weight is 308 g/mol. The Labute approximate surface area is 133 Å². The van der Waals surface area contributed by atoms with Crippen molar-refractivity contribution in [1.29, 1.82) is 0 Å². The van der Waals surface area contributed by atoms with Crippen LogP contribution in [0.4, 0.5) is 0 Å². The fourth-order valence-electron chi connectivity index (χ4n) is 2.23. The highest BCUT2D eigenvalue weighted by atomic mass is 16.6. The zero-order valence-electron chi connectivity index (χ0n) is 14.0. The molecule has 0 aromatic heterocycles. The SMILES string of the molecule is CCCCC(C)OC(Cc1cccc(O)c1)C(=O)OC(C)C. The molecular formula is C18H28O4. The second-order valence-corrected chi connectivity index (χ2v) is 5.94. The van der Waals surface area contributed by atoms with Crippen molar-refractivity contribution < 1.29 is 19.4 Å². The molecule has 0 aliphatic rings. The van der Waals surface area contributed by atoms with Gasteiger partial charge in [0, 0.05) is 6.42 Å². The molecule has 0 aliphatic carbocycles. The van der Waals surface area contributed by atoms with Gasteiger partial charge in [0.25, 0.3) is 0 Å². The number of ether oxygens (including phenoxy) is 2. The molecule has 4 nitrogen and oxygen atoms in total. The Bertz CT molecular complexity index is 456. The van der Waals surface area contributed by atoms with Gasteiger partial charge in [0.15, 0.2) is 6.10 Å². The maximum atomic E-state index is 12.2. The summed E-state index contributed by atoms with van der Waals surface area (Å²) in [6.45, 7) is 7.76. The van der Waals surface area contributed by atoms with Gasteiger partial charge in [-0.1, -0.05) is 31.9 Å². The van der Waals surface area contributed by atoms with Gasteiger partial charge in [-0.3, -0.25) is 0 Å². The minimum atomic E-state index is -0.643. The molecule has 0 spiro atoms. The standard InChI is InChI=1S/C18H28O4/c1-5-6-8-14(4)22-17(18(20)21-13(2)3)12-15-9-7-10-16(19)11-15/h7,9-11,13-14,17,19H,5-6,8,12H2,1-4H3. The number of phenolic OH excluding ortho intramolecular Hbond substituents is 1. The van der Waals surface area contributed by atoms with Crippen molar-refractivity contribution in [2.45, 2.75) is 71.7 Å². The van der Waals surface area contributed by atoms with Crippen LogP contribution in [0.1, 0.15) is 52.5 Å². The van der Waals surface area contributed by atoms with E-state index < -0.39 is 6.10 Å². The molecule has 0 bridgehead atoms. The first-order chi connectivity index (χ1) is 10.4. The summed E-state index contributed by atoms with van der Waals surface area (Å²) >= 11 is 0. The van der Waals surface area contributed by atoms with Gasteiger partial charge in [-0.15, -0.1) is 0 Å². The number of hydrogen-bond acceptors (Lipinski definition) is 4. The van der Waals surface area contributed by atoms with Crippen molar-refractivity contribution in [3.05, 3.63) is 29.8 Å². The van der Waals surface area contributed by atoms with Gasteiger partial charge in [0.05, 0.1) is 12.2 Å². The van der Waals surface area contributed by atoms with Gasteiger partial charge in [0.2, 0.25) is 0 Å². The lowest BCUT2D eigenvalue weighted by molar-refractivity contribution is -0.164. The van der Waals surface area contributed by atoms with Crippen LogP contribution in [-0.2, 0) is 20.7 Å². The van der Waals surface area contributed by atoms with Crippen molar-refractivity contribution in [3.8, 4) is 5.75 Å². The predicted octanol–water partition coefficient (Wildman–Crippen LogP) is 3.85. The Morgan fingerprint density at radius 3 is 2.59 bits per heavy atom. The summed E-state index contributed by atoms with van der Waals surface area (Å²) in [4.78, 5) is 12.2. The molecular weight excluding hydrogens is 280 g/mol. The minimum absolute atomic E-state index is 0.00183. The van der Waals surface area contributed by atoms with E-state index in [2.05, 4.69) is 6.92 Å². The molecule has 2 atom stereocenters. The van der Waals surface area contributed by atoms with Crippen LogP contribution in [0, 0.1) is 0 Å². The highest BCUT2D eigenvalue weighted by molar-refractivity contribution is 5.75. The van der Waals surface area contributed by atoms with Crippen molar-refractivity contribution >= 4 is 5.97 Å². The smallest absolute Gasteiger partial charge is 0.335 e. The third-order valence-corrected chi connectivity index (χ3v) is 3.31. The maximum absolute atomic E-state index is 12.2. The summed E-state index contributed by atoms with van der Waals surface area (Å²) in [5.74, 6) is -0.158. The van der Waals surface area contributed by atoms with Gasteiger partial charge in [-0.25, -0.2) is 4.79 Å². The Balaban J connectivity index is 2.74. The van der Waals surface area contributed by atoms with Gasteiger partial charge in [-0.2, -0.15) is 0 Å². The maximum Gasteiger partial charge on any atom is 0.335 e. The molecule has 0 saturated carbocycles. The van der Waals surface area contributed by atoms with Crippen molar-refractivity contribution in [2.24, 2.45) is 0 Å². The van der Waals surface area contributed by atoms with E-state index in [1.54, 1.807) is 18.2 Å². The second kappa shape index (κ2) is 9.46. The lowest BCUT2D eigenvalue weighted by Crippen LogP contribution is -2.33. The number of rotatable bonds is 9. The predicted molar refractivity (Wildman–Crippen MR) is 86.9 cm³/mol. The van der Waals surface area contributed by atoms with Gasteiger partial charge in [-0.05, 0) is 44.9 Å². The number of phenols is 1. The topological polar surface area (TPSA) is 55.8 Å². The Kier molecular flexibility index (Phi) is 7.96. The quantitative estimate of drug-likeness (QED) is 0.704. The number of hydrogen-bond donors (Lipinski definition) is 1. The summed E-state index contributed by atoms with van der Waals surface area (Å²) < 4.78 is 11.2. The van der Waals surface area contributed by atoms with Gasteiger partial charge < -0.3 is 14.6 Å². The molecule has 1 rings (SSSR count). The monoisotopic (exact) mass is 308 g/mol. The number of benzene rings is 1. The van der Waals surface area contributed by atoms with E-state index in [1.807, 2.05) is 26.8 Å². The Hall–Kier alpha value is -1.55. The average Bonchev–Trinajstić information content (AvgIpc) is 2.43. The molecule has 1 aromatic rings. The molecule has 0 radical (unpaired) electrons. The fraction of sp³-hybridized carbons (Fsp3) is 0.611. The van der Waals surface area contributed by atoms with Crippen LogP contribution in [0.25, 0.3) is 0 Å². The molecule has 22 heavy (non-hydrogen) atoms. The molecule has 4 heteroatoms. The summed E-state index contributed by atoms with van der Waals surface area (Å²) in [5.41, 5.74) is 0.855. The summed E-state index contributed by atoms with van der Waals surface area (Å²) in [5, 5.41) is 9.55. The lowest BCUT2D eigenvalue weighted by Gasteiger charge is -2.22. The molecule has 0 amide bonds. The highest BCUT2D eigenvalue weighted by Gasteiger charge is 2.24. The summed E-state index contributed by atoms with van der Waals surface area (Å²) in [7, 11) is 0. The molecule has 1 aromatic carbocycles. The first-order valence-corrected chi connectivity index (χ1v) is 8.06. The van der Waals surface area contributed by atoms with Gasteiger partial charge in [0.1, 0.15) is 5.75 Å². The van der Waals surface area contributed by atoms with E-state index in [1.165, 1.54) is 0 Å². The van der Waals surface area contributed by atoms with Crippen LogP contribution in [-0.4, -0.2) is 29.4 Å². The van der Waals surface area contributed by atoms with E-state index in [-0.39, 0.29) is 23.9 Å². The van der Waals surface area contributed by atoms with Gasteiger partial charge >= 0.3 is 5.97 Å². The largest absolute Gasteiger partial charge is 0.508 e. The highest BCUT2D eigenvalue weighted by Crippen LogP contribution is 2.17. The molecule has 0 heterocycles. The van der Waals surface area contributed by atoms with Crippen molar-refractivity contribution in [2.75, 3.05) is 0 Å². The zero-order valence-corrected chi connectivity index (χ0v) is 14.0. The minimum Gasteiger partial charge on any atom is -0.508 e. The zero-order chi connectivity index (χ0) is 16.5. The normalized spacial score (nSPS) is 13.9. The number of unbranched alkanes of at least 4 members (excludes halogenated alkanes) is 1. The van der Waals surface area contributed by atoms with E-state index >= 15 is 0 Å². The molecule has 0 aliphatic heterocycles. The van der Waals surface area contributed by atoms with E-state index in [4.69, 9.17) is 9.47 Å². The van der Waals surface area contributed by atoms with Crippen LogP contribution in [0.2, 0.25) is 0 Å². The van der Waals surface area contributed by atoms with Crippen molar-refractivity contribution in [3.63, 3.8) is 0 Å². The van der Waals surface area contributed by atoms with Crippen molar-refractivity contribution in [1.82, 2.24) is 0 Å². The fourth-order valence-corrected chi connectivity index (χ4v) is 2.23. The lowest BCUT2D eigenvalue weighted by atomic mass is 10.1. The number of carbonyl (C=O) groups excluding carboxylic acids is 1. The summed E-state index contributed by atoms with van der Waals surface area (Å²) in [6, 6.07) is 6.89. The van der Waals surface area contributed by atoms with Crippen LogP contribution in [0.15, 0.2) is 24.3 Å². The van der Waals surface area contributed by atoms with Crippen LogP contribution in [0.5, 0.6) is 5.75 Å². The van der Waals surface area contributed by atoms with Crippen LogP contribution < -0.4 is 0 Å². The molecule has 2 unspecified atom stereocenters. The second-order valence-electron chi connectivity index (χ2n) is 5.94. The molecule has 124 valence electrons. The Morgan fingerprint density at radius 1 is 1.27 bits per heavy atom. The van der Waals surface area contributed by atoms with Crippen LogP contribution in [0.3, 0.4) is 0 Å². The van der Waals surface area contributed by atoms with E-state index in [0.717, 1.165) is 24.8 Å². The molecule has 0 saturated heterocycles. The molecule has 1 N–H and O–H groups in total. The summed E-state index contributed by atoms with van der Waals surface area (Å²) in [6.07, 6.45) is 2.67. The number of carbonyl (C=O) groups is 1.